The average Bonchev–Trinajstić information content (AvgIpc) is 2.82. The smallest absolute Gasteiger partial charge is 0.343 e. The van der Waals surface area contributed by atoms with Gasteiger partial charge in [-0.05, 0) is 66.3 Å². The summed E-state index contributed by atoms with van der Waals surface area (Å²) in [5.41, 5.74) is 2.44. The molecule has 0 bridgehead atoms. The Balaban J connectivity index is 1.66. The molecule has 0 saturated heterocycles. The van der Waals surface area contributed by atoms with Crippen LogP contribution in [0.2, 0.25) is 0 Å². The summed E-state index contributed by atoms with van der Waals surface area (Å²) in [5, 5.41) is 0. The van der Waals surface area contributed by atoms with Gasteiger partial charge in [0.05, 0.1) is 12.2 Å². The predicted molar refractivity (Wildman–Crippen MR) is 122 cm³/mol. The molecule has 3 aromatic carbocycles. The maximum Gasteiger partial charge on any atom is 0.343 e. The molecule has 0 unspecified atom stereocenters. The van der Waals surface area contributed by atoms with Crippen molar-refractivity contribution in [3.8, 4) is 22.6 Å². The average molecular weight is 439 g/mol. The van der Waals surface area contributed by atoms with Gasteiger partial charge in [-0.3, -0.25) is 0 Å². The van der Waals surface area contributed by atoms with E-state index in [2.05, 4.69) is 6.92 Å². The van der Waals surface area contributed by atoms with Crippen LogP contribution in [0.3, 0.4) is 0 Å². The summed E-state index contributed by atoms with van der Waals surface area (Å²) in [6.07, 6.45) is 4.13. The summed E-state index contributed by atoms with van der Waals surface area (Å²) in [7, 11) is 0. The van der Waals surface area contributed by atoms with Gasteiger partial charge in [0.15, 0.2) is 11.6 Å². The van der Waals surface area contributed by atoms with Gasteiger partial charge in [-0.2, -0.15) is 4.39 Å². The van der Waals surface area contributed by atoms with Gasteiger partial charge in [0.25, 0.3) is 0 Å². The van der Waals surface area contributed by atoms with Crippen molar-refractivity contribution in [3.05, 3.63) is 83.4 Å². The van der Waals surface area contributed by atoms with E-state index < -0.39 is 23.4 Å². The van der Waals surface area contributed by atoms with E-state index >= 15 is 0 Å². The van der Waals surface area contributed by atoms with Crippen molar-refractivity contribution in [1.82, 2.24) is 0 Å². The number of ether oxygens (including phenoxy) is 2. The van der Waals surface area contributed by atoms with Crippen molar-refractivity contribution >= 4 is 5.97 Å². The topological polar surface area (TPSA) is 35.5 Å². The molecule has 0 aliphatic heterocycles. The molecule has 5 heteroatoms. The highest BCUT2D eigenvalue weighted by Gasteiger charge is 2.18. The number of rotatable bonds is 10. The van der Waals surface area contributed by atoms with E-state index in [1.807, 2.05) is 31.2 Å². The van der Waals surface area contributed by atoms with Gasteiger partial charge in [0, 0.05) is 0 Å². The first-order valence-electron chi connectivity index (χ1n) is 11.1. The third kappa shape index (κ3) is 5.94. The Morgan fingerprint density at radius 2 is 1.44 bits per heavy atom. The van der Waals surface area contributed by atoms with Crippen molar-refractivity contribution < 1.29 is 23.0 Å². The lowest BCUT2D eigenvalue weighted by Crippen LogP contribution is -2.10. The van der Waals surface area contributed by atoms with Crippen molar-refractivity contribution in [1.29, 1.82) is 0 Å². The number of esters is 1. The minimum Gasteiger partial charge on any atom is -0.494 e. The van der Waals surface area contributed by atoms with Gasteiger partial charge in [0.2, 0.25) is 5.82 Å². The zero-order valence-corrected chi connectivity index (χ0v) is 18.5. The summed E-state index contributed by atoms with van der Waals surface area (Å²) in [5.74, 6) is -2.42. The van der Waals surface area contributed by atoms with Crippen molar-refractivity contribution in [2.45, 2.75) is 46.0 Å². The van der Waals surface area contributed by atoms with Gasteiger partial charge in [-0.25, -0.2) is 9.18 Å². The predicted octanol–water partition coefficient (Wildman–Crippen LogP) is 7.37. The summed E-state index contributed by atoms with van der Waals surface area (Å²) in [4.78, 5) is 12.4. The molecule has 0 saturated carbocycles. The molecule has 0 amide bonds. The van der Waals surface area contributed by atoms with E-state index in [4.69, 9.17) is 9.47 Å². The highest BCUT2D eigenvalue weighted by atomic mass is 19.2. The molecule has 0 aliphatic rings. The third-order valence-corrected chi connectivity index (χ3v) is 5.16. The summed E-state index contributed by atoms with van der Waals surface area (Å²) < 4.78 is 39.4. The summed E-state index contributed by atoms with van der Waals surface area (Å²) >= 11 is 0. The van der Waals surface area contributed by atoms with Crippen LogP contribution >= 0.6 is 0 Å². The molecule has 3 rings (SSSR count). The van der Waals surface area contributed by atoms with E-state index in [9.17, 15) is 13.6 Å². The standard InChI is InChI=1S/C27H28F2O3/c1-3-5-6-7-21-14-17-24(26(29)25(21)28)32-27(30)22-10-8-19(9-11-22)20-12-15-23(16-13-20)31-18-4-2/h8-17H,3-7,18H2,1-2H3. The first-order chi connectivity index (χ1) is 15.5. The first kappa shape index (κ1) is 23.5. The maximum atomic E-state index is 14.4. The van der Waals surface area contributed by atoms with Crippen molar-refractivity contribution in [2.75, 3.05) is 6.61 Å². The Morgan fingerprint density at radius 3 is 2.06 bits per heavy atom. The van der Waals surface area contributed by atoms with Gasteiger partial charge in [0.1, 0.15) is 5.75 Å². The second-order valence-corrected chi connectivity index (χ2v) is 7.65. The van der Waals surface area contributed by atoms with Gasteiger partial charge >= 0.3 is 5.97 Å². The lowest BCUT2D eigenvalue weighted by atomic mass is 10.0. The Morgan fingerprint density at radius 1 is 0.781 bits per heavy atom. The Kier molecular flexibility index (Phi) is 8.37. The van der Waals surface area contributed by atoms with Crippen LogP contribution in [0.5, 0.6) is 11.5 Å². The third-order valence-electron chi connectivity index (χ3n) is 5.16. The van der Waals surface area contributed by atoms with Crippen LogP contribution in [0, 0.1) is 11.6 Å². The van der Waals surface area contributed by atoms with E-state index in [0.29, 0.717) is 18.6 Å². The number of benzene rings is 3. The molecular formula is C27H28F2O3. The molecule has 0 aliphatic carbocycles. The molecular weight excluding hydrogens is 410 g/mol. The number of hydrogen-bond acceptors (Lipinski definition) is 3. The number of carbonyl (C=O) groups excluding carboxylic acids is 1. The Hall–Kier alpha value is -3.21. The quantitative estimate of drug-likeness (QED) is 0.188. The lowest BCUT2D eigenvalue weighted by Gasteiger charge is -2.10. The van der Waals surface area contributed by atoms with Crippen molar-refractivity contribution in [2.24, 2.45) is 0 Å². The molecule has 0 heterocycles. The van der Waals surface area contributed by atoms with Crippen LogP contribution in [0.25, 0.3) is 11.1 Å². The minimum absolute atomic E-state index is 0.253. The fraction of sp³-hybridized carbons (Fsp3) is 0.296. The molecule has 0 N–H and O–H groups in total. The SMILES string of the molecule is CCCCCc1ccc(OC(=O)c2ccc(-c3ccc(OCCC)cc3)cc2)c(F)c1F. The second kappa shape index (κ2) is 11.4. The fourth-order valence-electron chi connectivity index (χ4n) is 3.33. The normalized spacial score (nSPS) is 10.8. The Bertz CT molecular complexity index is 1030. The van der Waals surface area contributed by atoms with Crippen LogP contribution in [-0.2, 0) is 6.42 Å². The van der Waals surface area contributed by atoms with Gasteiger partial charge in [-0.15, -0.1) is 0 Å². The van der Waals surface area contributed by atoms with Crippen LogP contribution in [0.15, 0.2) is 60.7 Å². The van der Waals surface area contributed by atoms with Crippen LogP contribution in [-0.4, -0.2) is 12.6 Å². The molecule has 0 spiro atoms. The number of halogens is 2. The summed E-state index contributed by atoms with van der Waals surface area (Å²) in [6.45, 7) is 4.77. The number of hydrogen-bond donors (Lipinski definition) is 0. The van der Waals surface area contributed by atoms with E-state index in [-0.39, 0.29) is 5.56 Å². The molecule has 168 valence electrons. The van der Waals surface area contributed by atoms with Crippen LogP contribution in [0.4, 0.5) is 8.78 Å². The number of carbonyl (C=O) groups is 1. The molecule has 0 aromatic heterocycles. The van der Waals surface area contributed by atoms with E-state index in [0.717, 1.165) is 42.6 Å². The van der Waals surface area contributed by atoms with Gasteiger partial charge in [-0.1, -0.05) is 57.0 Å². The lowest BCUT2D eigenvalue weighted by molar-refractivity contribution is 0.0726. The van der Waals surface area contributed by atoms with Gasteiger partial charge < -0.3 is 9.47 Å². The number of aryl methyl sites for hydroxylation is 1. The molecule has 3 nitrogen and oxygen atoms in total. The minimum atomic E-state index is -1.13. The van der Waals surface area contributed by atoms with Crippen LogP contribution in [0.1, 0.15) is 55.5 Å². The molecule has 0 radical (unpaired) electrons. The molecule has 0 atom stereocenters. The maximum absolute atomic E-state index is 14.4. The zero-order chi connectivity index (χ0) is 22.9. The molecule has 0 fully saturated rings. The highest BCUT2D eigenvalue weighted by Crippen LogP contribution is 2.26. The fourth-order valence-corrected chi connectivity index (χ4v) is 3.33. The number of unbranched alkanes of at least 4 members (excludes halogenated alkanes) is 2. The second-order valence-electron chi connectivity index (χ2n) is 7.65. The zero-order valence-electron chi connectivity index (χ0n) is 18.5. The molecule has 32 heavy (non-hydrogen) atoms. The molecule has 3 aromatic rings. The highest BCUT2D eigenvalue weighted by molar-refractivity contribution is 5.91. The van der Waals surface area contributed by atoms with E-state index in [1.165, 1.54) is 12.1 Å². The largest absolute Gasteiger partial charge is 0.494 e. The summed E-state index contributed by atoms with van der Waals surface area (Å²) in [6, 6.07) is 17.3. The first-order valence-corrected chi connectivity index (χ1v) is 11.1. The van der Waals surface area contributed by atoms with Crippen molar-refractivity contribution in [3.63, 3.8) is 0 Å². The Labute approximate surface area is 188 Å². The monoisotopic (exact) mass is 438 g/mol. The van der Waals surface area contributed by atoms with E-state index in [1.54, 1.807) is 24.3 Å². The van der Waals surface area contributed by atoms with Crippen LogP contribution < -0.4 is 9.47 Å².